The van der Waals surface area contributed by atoms with E-state index >= 15 is 0 Å². The highest BCUT2D eigenvalue weighted by atomic mass is 15.2. The largest absolute Gasteiger partial charge is 0.308 e. The molecular formula is C23H27N4+. The Balaban J connectivity index is 2.04. The van der Waals surface area contributed by atoms with Gasteiger partial charge in [0.15, 0.2) is 0 Å². The van der Waals surface area contributed by atoms with Gasteiger partial charge in [0.2, 0.25) is 17.2 Å². The van der Waals surface area contributed by atoms with E-state index < -0.39 is 0 Å². The van der Waals surface area contributed by atoms with E-state index in [4.69, 9.17) is 4.98 Å². The topological polar surface area (TPSA) is 26.1 Å². The number of pyridine rings is 1. The summed E-state index contributed by atoms with van der Waals surface area (Å²) in [5.41, 5.74) is 11.1. The Hall–Kier alpha value is -2.88. The van der Waals surface area contributed by atoms with Gasteiger partial charge in [-0.3, -0.25) is 4.40 Å². The van der Waals surface area contributed by atoms with E-state index in [1.165, 1.54) is 45.0 Å². The van der Waals surface area contributed by atoms with Crippen LogP contribution in [0.3, 0.4) is 0 Å². The van der Waals surface area contributed by atoms with Crippen LogP contribution in [0.2, 0.25) is 0 Å². The summed E-state index contributed by atoms with van der Waals surface area (Å²) in [5, 5.41) is 0. The van der Waals surface area contributed by atoms with Gasteiger partial charge >= 0.3 is 0 Å². The summed E-state index contributed by atoms with van der Waals surface area (Å²) in [6, 6.07) is 10.9. The van der Waals surface area contributed by atoms with Crippen molar-refractivity contribution in [2.75, 3.05) is 0 Å². The Kier molecular flexibility index (Phi) is 3.95. The molecule has 0 fully saturated rings. The van der Waals surface area contributed by atoms with Crippen LogP contribution in [0.4, 0.5) is 0 Å². The molecule has 0 unspecified atom stereocenters. The van der Waals surface area contributed by atoms with Crippen LogP contribution in [0.1, 0.15) is 28.1 Å². The second-order valence-corrected chi connectivity index (χ2v) is 7.61. The predicted molar refractivity (Wildman–Crippen MR) is 110 cm³/mol. The highest BCUT2D eigenvalue weighted by molar-refractivity contribution is 5.68. The number of aromatic nitrogens is 4. The van der Waals surface area contributed by atoms with Crippen LogP contribution in [-0.4, -0.2) is 14.0 Å². The number of fused-ring (bicyclic) bond motifs is 1. The van der Waals surface area contributed by atoms with Crippen molar-refractivity contribution in [2.24, 2.45) is 14.1 Å². The van der Waals surface area contributed by atoms with Crippen molar-refractivity contribution in [3.63, 3.8) is 0 Å². The summed E-state index contributed by atoms with van der Waals surface area (Å²) in [6.45, 7) is 10.8. The van der Waals surface area contributed by atoms with Crippen LogP contribution in [-0.2, 0) is 14.1 Å². The molecule has 27 heavy (non-hydrogen) atoms. The molecule has 0 radical (unpaired) electrons. The molecule has 0 saturated carbocycles. The lowest BCUT2D eigenvalue weighted by Crippen LogP contribution is -2.36. The zero-order valence-corrected chi connectivity index (χ0v) is 17.3. The van der Waals surface area contributed by atoms with E-state index in [0.29, 0.717) is 0 Å². The van der Waals surface area contributed by atoms with Crippen LogP contribution in [0.5, 0.6) is 0 Å². The van der Waals surface area contributed by atoms with E-state index in [0.717, 1.165) is 11.5 Å². The molecule has 4 aromatic rings. The minimum absolute atomic E-state index is 0.984. The van der Waals surface area contributed by atoms with Gasteiger partial charge in [0.1, 0.15) is 12.7 Å². The van der Waals surface area contributed by atoms with E-state index in [-0.39, 0.29) is 0 Å². The third kappa shape index (κ3) is 2.51. The SMILES string of the molecule is Cc1ccccc1-c1c(C)cc(C)c(-c2cn3c(C)c(C)nc3n2C)[n+]1C. The van der Waals surface area contributed by atoms with E-state index in [1.54, 1.807) is 0 Å². The third-order valence-electron chi connectivity index (χ3n) is 5.77. The maximum Gasteiger partial charge on any atom is 0.233 e. The van der Waals surface area contributed by atoms with Crippen molar-refractivity contribution < 1.29 is 4.57 Å². The van der Waals surface area contributed by atoms with Crippen LogP contribution in [0, 0.1) is 34.6 Å². The molecule has 0 amide bonds. The molecule has 0 bridgehead atoms. The maximum absolute atomic E-state index is 4.75. The first-order chi connectivity index (χ1) is 12.8. The lowest BCUT2D eigenvalue weighted by molar-refractivity contribution is -0.650. The fourth-order valence-electron chi connectivity index (χ4n) is 4.24. The quantitative estimate of drug-likeness (QED) is 0.488. The molecule has 0 spiro atoms. The fourth-order valence-corrected chi connectivity index (χ4v) is 4.24. The summed E-state index contributed by atoms with van der Waals surface area (Å²) in [5.74, 6) is 0.984. The molecule has 1 aromatic carbocycles. The number of nitrogens with zero attached hydrogens (tertiary/aromatic N) is 4. The molecule has 4 heteroatoms. The molecule has 0 saturated heterocycles. The van der Waals surface area contributed by atoms with Crippen molar-refractivity contribution in [1.29, 1.82) is 0 Å². The highest BCUT2D eigenvalue weighted by Crippen LogP contribution is 2.30. The average Bonchev–Trinajstić information content (AvgIpc) is 3.07. The van der Waals surface area contributed by atoms with Gasteiger partial charge in [0.05, 0.1) is 5.69 Å². The number of hydrogen-bond acceptors (Lipinski definition) is 1. The monoisotopic (exact) mass is 359 g/mol. The Morgan fingerprint density at radius 1 is 0.889 bits per heavy atom. The number of hydrogen-bond donors (Lipinski definition) is 0. The Morgan fingerprint density at radius 2 is 1.56 bits per heavy atom. The molecule has 0 aliphatic heterocycles. The van der Waals surface area contributed by atoms with Crippen LogP contribution < -0.4 is 4.57 Å². The molecule has 138 valence electrons. The highest BCUT2D eigenvalue weighted by Gasteiger charge is 2.26. The molecule has 0 N–H and O–H groups in total. The normalized spacial score (nSPS) is 11.5. The Labute approximate surface area is 160 Å². The maximum atomic E-state index is 4.75. The molecule has 0 atom stereocenters. The minimum atomic E-state index is 0.984. The summed E-state index contributed by atoms with van der Waals surface area (Å²) >= 11 is 0. The minimum Gasteiger partial charge on any atom is -0.308 e. The van der Waals surface area contributed by atoms with Gasteiger partial charge in [0, 0.05) is 35.6 Å². The molecule has 3 heterocycles. The standard InChI is InChI=1S/C23H27N4/c1-14-10-8-9-11-19(14)21-15(2)12-16(3)22(26(21)7)20-13-27-18(5)17(4)24-23(27)25(20)6/h8-13H,1-7H3/q+1. The zero-order valence-electron chi connectivity index (χ0n) is 17.3. The van der Waals surface area contributed by atoms with Crippen molar-refractivity contribution in [3.8, 4) is 22.6 Å². The first-order valence-corrected chi connectivity index (χ1v) is 9.38. The summed E-state index contributed by atoms with van der Waals surface area (Å²) in [6.07, 6.45) is 2.21. The number of rotatable bonds is 2. The van der Waals surface area contributed by atoms with Gasteiger partial charge in [-0.25, -0.2) is 4.98 Å². The number of benzene rings is 1. The summed E-state index contributed by atoms with van der Waals surface area (Å²) in [7, 11) is 4.27. The van der Waals surface area contributed by atoms with Crippen molar-refractivity contribution in [2.45, 2.75) is 34.6 Å². The van der Waals surface area contributed by atoms with Gasteiger partial charge in [-0.15, -0.1) is 0 Å². The van der Waals surface area contributed by atoms with Gasteiger partial charge in [-0.05, 0) is 52.3 Å². The summed E-state index contributed by atoms with van der Waals surface area (Å²) < 4.78 is 6.72. The number of aryl methyl sites for hydroxylation is 6. The average molecular weight is 359 g/mol. The lowest BCUT2D eigenvalue weighted by atomic mass is 9.98. The van der Waals surface area contributed by atoms with Gasteiger partial charge < -0.3 is 4.57 Å². The first kappa shape index (κ1) is 17.5. The van der Waals surface area contributed by atoms with Crippen LogP contribution in [0.15, 0.2) is 36.5 Å². The van der Waals surface area contributed by atoms with E-state index in [9.17, 15) is 0 Å². The molecule has 0 aliphatic carbocycles. The zero-order chi connectivity index (χ0) is 19.5. The van der Waals surface area contributed by atoms with Gasteiger partial charge in [0.25, 0.3) is 0 Å². The van der Waals surface area contributed by atoms with Crippen molar-refractivity contribution >= 4 is 5.78 Å². The second kappa shape index (κ2) is 6.08. The number of imidazole rings is 2. The molecule has 4 rings (SSSR count). The van der Waals surface area contributed by atoms with Gasteiger partial charge in [-0.1, -0.05) is 18.2 Å². The van der Waals surface area contributed by atoms with Crippen LogP contribution in [0.25, 0.3) is 28.4 Å². The Morgan fingerprint density at radius 3 is 2.22 bits per heavy atom. The van der Waals surface area contributed by atoms with E-state index in [1.807, 2.05) is 0 Å². The van der Waals surface area contributed by atoms with E-state index in [2.05, 4.69) is 98.8 Å². The fraction of sp³-hybridized carbons (Fsp3) is 0.304. The Bertz CT molecular complexity index is 1190. The lowest BCUT2D eigenvalue weighted by Gasteiger charge is -2.13. The van der Waals surface area contributed by atoms with Gasteiger partial charge in [-0.2, -0.15) is 4.57 Å². The molecular weight excluding hydrogens is 332 g/mol. The third-order valence-corrected chi connectivity index (χ3v) is 5.77. The smallest absolute Gasteiger partial charge is 0.233 e. The van der Waals surface area contributed by atoms with Crippen molar-refractivity contribution in [3.05, 3.63) is 64.6 Å². The molecule has 3 aromatic heterocycles. The first-order valence-electron chi connectivity index (χ1n) is 9.38. The molecule has 4 nitrogen and oxygen atoms in total. The van der Waals surface area contributed by atoms with Crippen molar-refractivity contribution in [1.82, 2.24) is 14.0 Å². The predicted octanol–water partition coefficient (Wildman–Crippen LogP) is 4.37. The van der Waals surface area contributed by atoms with Crippen LogP contribution >= 0.6 is 0 Å². The summed E-state index contributed by atoms with van der Waals surface area (Å²) in [4.78, 5) is 4.75. The second-order valence-electron chi connectivity index (χ2n) is 7.61. The molecule has 0 aliphatic rings.